The van der Waals surface area contributed by atoms with Gasteiger partial charge in [0.05, 0.1) is 6.54 Å². The van der Waals surface area contributed by atoms with Crippen LogP contribution in [0.25, 0.3) is 0 Å². The molecule has 2 aliphatic rings. The molecule has 1 saturated heterocycles. The minimum absolute atomic E-state index is 0.146. The lowest BCUT2D eigenvalue weighted by Gasteiger charge is -2.44. The number of carbonyl (C=O) groups is 3. The molecular formula is C14H15N3O3. The molecule has 1 aromatic rings. The predicted octanol–water partition coefficient (Wildman–Crippen LogP) is 1.14. The van der Waals surface area contributed by atoms with Gasteiger partial charge in [0.2, 0.25) is 11.8 Å². The number of imide groups is 2. The van der Waals surface area contributed by atoms with Crippen molar-refractivity contribution in [1.29, 1.82) is 0 Å². The maximum Gasteiger partial charge on any atom is 0.331 e. The summed E-state index contributed by atoms with van der Waals surface area (Å²) in [5.41, 5.74) is 0.628. The number of hydrogen-bond donors (Lipinski definition) is 1. The van der Waals surface area contributed by atoms with E-state index in [1.165, 1.54) is 0 Å². The van der Waals surface area contributed by atoms with Crippen LogP contribution in [0.5, 0.6) is 0 Å². The lowest BCUT2D eigenvalue weighted by atomic mass is 9.66. The maximum absolute atomic E-state index is 12.4. The molecule has 2 heterocycles. The number of hydrogen-bond acceptors (Lipinski definition) is 4. The van der Waals surface area contributed by atoms with Crippen molar-refractivity contribution in [3.8, 4) is 0 Å². The molecule has 1 spiro atoms. The van der Waals surface area contributed by atoms with E-state index in [1.807, 2.05) is 19.1 Å². The average molecular weight is 273 g/mol. The molecule has 0 aromatic carbocycles. The number of rotatable bonds is 2. The van der Waals surface area contributed by atoms with Gasteiger partial charge in [-0.2, -0.15) is 0 Å². The summed E-state index contributed by atoms with van der Waals surface area (Å²) in [5, 5.41) is 2.29. The summed E-state index contributed by atoms with van der Waals surface area (Å²) < 4.78 is 0. The van der Waals surface area contributed by atoms with E-state index in [2.05, 4.69) is 10.3 Å². The van der Waals surface area contributed by atoms with Crippen molar-refractivity contribution in [2.75, 3.05) is 0 Å². The summed E-state index contributed by atoms with van der Waals surface area (Å²) in [6.45, 7) is 2.01. The summed E-state index contributed by atoms with van der Waals surface area (Å²) in [6, 6.07) is 3.01. The van der Waals surface area contributed by atoms with E-state index in [9.17, 15) is 14.4 Å². The molecule has 104 valence electrons. The smallest absolute Gasteiger partial charge is 0.277 e. The van der Waals surface area contributed by atoms with Gasteiger partial charge in [0.1, 0.15) is 5.41 Å². The van der Waals surface area contributed by atoms with Crippen molar-refractivity contribution >= 4 is 17.8 Å². The van der Waals surface area contributed by atoms with Crippen molar-refractivity contribution in [2.45, 2.75) is 32.7 Å². The van der Waals surface area contributed by atoms with E-state index < -0.39 is 17.4 Å². The zero-order valence-electron chi connectivity index (χ0n) is 11.2. The molecule has 0 unspecified atom stereocenters. The van der Waals surface area contributed by atoms with Crippen LogP contribution in [-0.4, -0.2) is 27.7 Å². The zero-order chi connectivity index (χ0) is 14.3. The number of urea groups is 1. The molecule has 6 nitrogen and oxygen atoms in total. The third kappa shape index (κ3) is 1.79. The number of aromatic nitrogens is 1. The Morgan fingerprint density at radius 3 is 2.60 bits per heavy atom. The molecule has 0 radical (unpaired) electrons. The second-order valence-corrected chi connectivity index (χ2v) is 5.39. The summed E-state index contributed by atoms with van der Waals surface area (Å²) in [7, 11) is 0. The van der Waals surface area contributed by atoms with Crippen LogP contribution in [0.1, 0.15) is 30.5 Å². The fourth-order valence-electron chi connectivity index (χ4n) is 2.62. The molecule has 1 N–H and O–H groups in total. The summed E-state index contributed by atoms with van der Waals surface area (Å²) in [6.07, 6.45) is 3.52. The monoisotopic (exact) mass is 273 g/mol. The van der Waals surface area contributed by atoms with E-state index in [4.69, 9.17) is 0 Å². The van der Waals surface area contributed by atoms with Crippen molar-refractivity contribution in [3.63, 3.8) is 0 Å². The van der Waals surface area contributed by atoms with Gasteiger partial charge in [-0.3, -0.25) is 24.8 Å². The number of amides is 4. The van der Waals surface area contributed by atoms with Gasteiger partial charge in [0.25, 0.3) is 0 Å². The third-order valence-electron chi connectivity index (χ3n) is 4.08. The van der Waals surface area contributed by atoms with Gasteiger partial charge < -0.3 is 0 Å². The van der Waals surface area contributed by atoms with E-state index in [-0.39, 0.29) is 12.5 Å². The Bertz CT molecular complexity index is 590. The first-order valence-corrected chi connectivity index (χ1v) is 6.62. The first-order chi connectivity index (χ1) is 9.53. The average Bonchev–Trinajstić information content (AvgIpc) is 2.35. The highest BCUT2D eigenvalue weighted by molar-refractivity contribution is 6.19. The minimum atomic E-state index is -1.01. The number of carbonyl (C=O) groups excluding carboxylic acids is 3. The lowest BCUT2D eigenvalue weighted by Crippen LogP contribution is -2.65. The van der Waals surface area contributed by atoms with Gasteiger partial charge in [-0.15, -0.1) is 0 Å². The number of barbiturate groups is 1. The van der Waals surface area contributed by atoms with E-state index in [0.29, 0.717) is 12.8 Å². The second kappa shape index (κ2) is 4.40. The normalized spacial score (nSPS) is 20.9. The summed E-state index contributed by atoms with van der Waals surface area (Å²) in [4.78, 5) is 41.4. The lowest BCUT2D eigenvalue weighted by molar-refractivity contribution is -0.158. The number of nitrogens with one attached hydrogen (secondary N) is 1. The third-order valence-corrected chi connectivity index (χ3v) is 4.08. The fourth-order valence-corrected chi connectivity index (χ4v) is 2.62. The Balaban J connectivity index is 1.84. The molecule has 2 fully saturated rings. The molecule has 0 bridgehead atoms. The predicted molar refractivity (Wildman–Crippen MR) is 69.3 cm³/mol. The van der Waals surface area contributed by atoms with Crippen LogP contribution in [0.3, 0.4) is 0 Å². The van der Waals surface area contributed by atoms with Crippen LogP contribution in [0.15, 0.2) is 18.3 Å². The Hall–Kier alpha value is -2.24. The van der Waals surface area contributed by atoms with Gasteiger partial charge in [-0.1, -0.05) is 12.5 Å². The molecular weight excluding hydrogens is 258 g/mol. The molecule has 4 amide bonds. The highest BCUT2D eigenvalue weighted by Crippen LogP contribution is 2.44. The number of pyridine rings is 1. The summed E-state index contributed by atoms with van der Waals surface area (Å²) >= 11 is 0. The Kier molecular flexibility index (Phi) is 2.81. The van der Waals surface area contributed by atoms with Gasteiger partial charge in [-0.05, 0) is 31.4 Å². The van der Waals surface area contributed by atoms with Crippen LogP contribution >= 0.6 is 0 Å². The molecule has 3 rings (SSSR count). The van der Waals surface area contributed by atoms with Crippen molar-refractivity contribution in [3.05, 3.63) is 29.6 Å². The molecule has 1 aromatic heterocycles. The Labute approximate surface area is 116 Å². The van der Waals surface area contributed by atoms with Gasteiger partial charge in [0.15, 0.2) is 0 Å². The van der Waals surface area contributed by atoms with Crippen LogP contribution < -0.4 is 5.32 Å². The highest BCUT2D eigenvalue weighted by atomic mass is 16.2. The number of aryl methyl sites for hydroxylation is 1. The van der Waals surface area contributed by atoms with Crippen molar-refractivity contribution in [1.82, 2.24) is 15.2 Å². The summed E-state index contributed by atoms with van der Waals surface area (Å²) in [5.74, 6) is -0.824. The van der Waals surface area contributed by atoms with Crippen molar-refractivity contribution in [2.24, 2.45) is 5.41 Å². The Morgan fingerprint density at radius 2 is 2.05 bits per heavy atom. The second-order valence-electron chi connectivity index (χ2n) is 5.39. The van der Waals surface area contributed by atoms with E-state index in [1.54, 1.807) is 6.20 Å². The topological polar surface area (TPSA) is 79.4 Å². The minimum Gasteiger partial charge on any atom is -0.277 e. The molecule has 6 heteroatoms. The zero-order valence-corrected chi connectivity index (χ0v) is 11.2. The van der Waals surface area contributed by atoms with E-state index in [0.717, 1.165) is 22.6 Å². The molecule has 20 heavy (non-hydrogen) atoms. The standard InChI is InChI=1S/C14H15N3O3/c1-9-3-4-10(7-15-9)8-17-12(19)14(5-2-6-14)11(18)16-13(17)20/h3-4,7H,2,5-6,8H2,1H3,(H,16,18,20). The van der Waals surface area contributed by atoms with Gasteiger partial charge in [0, 0.05) is 11.9 Å². The first-order valence-electron chi connectivity index (χ1n) is 6.62. The van der Waals surface area contributed by atoms with Crippen LogP contribution in [-0.2, 0) is 16.1 Å². The molecule has 1 saturated carbocycles. The first kappa shape index (κ1) is 12.8. The van der Waals surface area contributed by atoms with Crippen LogP contribution in [0.4, 0.5) is 4.79 Å². The van der Waals surface area contributed by atoms with Gasteiger partial charge in [-0.25, -0.2) is 4.79 Å². The van der Waals surface area contributed by atoms with Crippen LogP contribution in [0.2, 0.25) is 0 Å². The largest absolute Gasteiger partial charge is 0.331 e. The van der Waals surface area contributed by atoms with Crippen LogP contribution in [0, 0.1) is 12.3 Å². The molecule has 1 aliphatic carbocycles. The fraction of sp³-hybridized carbons (Fsp3) is 0.429. The molecule has 1 aliphatic heterocycles. The Morgan fingerprint density at radius 1 is 1.30 bits per heavy atom. The maximum atomic E-state index is 12.4. The molecule has 0 atom stereocenters. The quantitative estimate of drug-likeness (QED) is 0.819. The van der Waals surface area contributed by atoms with Gasteiger partial charge >= 0.3 is 6.03 Å². The van der Waals surface area contributed by atoms with E-state index >= 15 is 0 Å². The van der Waals surface area contributed by atoms with Crippen molar-refractivity contribution < 1.29 is 14.4 Å². The highest BCUT2D eigenvalue weighted by Gasteiger charge is 2.57. The number of nitrogens with zero attached hydrogens (tertiary/aromatic N) is 2. The SMILES string of the molecule is Cc1ccc(CN2C(=O)NC(=O)C3(CCC3)C2=O)cn1.